The van der Waals surface area contributed by atoms with E-state index in [-0.39, 0.29) is 11.5 Å². The van der Waals surface area contributed by atoms with Gasteiger partial charge in [0.05, 0.1) is 6.10 Å². The molecular weight excluding hydrogens is 364 g/mol. The Bertz CT molecular complexity index is 665. The summed E-state index contributed by atoms with van der Waals surface area (Å²) in [6.07, 6.45) is 14.4. The molecule has 1 aliphatic heterocycles. The van der Waals surface area contributed by atoms with Gasteiger partial charge < -0.3 is 5.11 Å². The van der Waals surface area contributed by atoms with Crippen molar-refractivity contribution in [3.8, 4) is 0 Å². The highest BCUT2D eigenvalue weighted by Crippen LogP contribution is 2.66. The molecule has 0 spiro atoms. The maximum absolute atomic E-state index is 13.3. The van der Waals surface area contributed by atoms with Crippen LogP contribution in [0, 0.1) is 34.5 Å². The number of carbonyl (C=O) groups is 1. The Kier molecular flexibility index (Phi) is 5.02. The average molecular weight is 404 g/mol. The molecule has 5 rings (SSSR count). The number of carbonyl (C=O) groups excluding carboxylic acids is 1. The van der Waals surface area contributed by atoms with Crippen molar-refractivity contribution in [1.82, 2.24) is 0 Å². The number of allylic oxidation sites excluding steroid dienone is 1. The lowest BCUT2D eigenvalue weighted by molar-refractivity contribution is -0.127. The van der Waals surface area contributed by atoms with Crippen LogP contribution in [0.5, 0.6) is 0 Å². The summed E-state index contributed by atoms with van der Waals surface area (Å²) in [6, 6.07) is 0. The number of ketones is 1. The van der Waals surface area contributed by atoms with Gasteiger partial charge in [-0.15, -0.1) is 0 Å². The molecule has 28 heavy (non-hydrogen) atoms. The van der Waals surface area contributed by atoms with E-state index in [1.54, 1.807) is 5.57 Å². The molecule has 3 saturated carbocycles. The van der Waals surface area contributed by atoms with E-state index in [0.717, 1.165) is 49.2 Å². The van der Waals surface area contributed by atoms with Gasteiger partial charge in [-0.3, -0.25) is 4.79 Å². The fourth-order valence-electron chi connectivity index (χ4n) is 8.33. The van der Waals surface area contributed by atoms with Crippen LogP contribution in [0.3, 0.4) is 0 Å². The molecule has 1 N–H and O–H groups in total. The largest absolute Gasteiger partial charge is 0.393 e. The molecule has 0 amide bonds. The van der Waals surface area contributed by atoms with Gasteiger partial charge in [0.1, 0.15) is 11.5 Å². The summed E-state index contributed by atoms with van der Waals surface area (Å²) in [6.45, 7) is 5.00. The zero-order chi connectivity index (χ0) is 19.5. The van der Waals surface area contributed by atoms with Crippen molar-refractivity contribution in [2.75, 3.05) is 17.3 Å². The molecule has 0 bridgehead atoms. The fraction of sp³-hybridized carbons (Fsp3) is 0.880. The van der Waals surface area contributed by atoms with Crippen LogP contribution < -0.4 is 0 Å². The second-order valence-electron chi connectivity index (χ2n) is 11.2. The molecule has 0 aromatic carbocycles. The quantitative estimate of drug-likeness (QED) is 0.537. The molecule has 156 valence electrons. The third kappa shape index (κ3) is 2.97. The molecule has 0 aromatic rings. The summed E-state index contributed by atoms with van der Waals surface area (Å²) in [4.78, 5) is 13.3. The maximum Gasteiger partial charge on any atom is 0.185 e. The van der Waals surface area contributed by atoms with E-state index in [1.807, 2.05) is 0 Å². The van der Waals surface area contributed by atoms with Crippen LogP contribution in [-0.4, -0.2) is 34.3 Å². The van der Waals surface area contributed by atoms with Gasteiger partial charge in [-0.2, -0.15) is 0 Å². The molecular formula is C25H39O2S+. The van der Waals surface area contributed by atoms with Gasteiger partial charge in [-0.25, -0.2) is 0 Å². The molecule has 1 heterocycles. The number of fused-ring (bicyclic) bond motifs is 5. The Morgan fingerprint density at radius 1 is 1.11 bits per heavy atom. The maximum atomic E-state index is 13.3. The number of rotatable bonds is 3. The van der Waals surface area contributed by atoms with E-state index < -0.39 is 0 Å². The van der Waals surface area contributed by atoms with Crippen LogP contribution in [0.2, 0.25) is 0 Å². The summed E-state index contributed by atoms with van der Waals surface area (Å²) in [5.41, 5.74) is 2.14. The van der Waals surface area contributed by atoms with E-state index in [0.29, 0.717) is 28.0 Å². The standard InChI is InChI=1S/C25H39O2S/c1-24-11-9-18(26)15-17(24)5-6-19-20-7-8-22(25(20,2)12-10-21(19)24)23(27)16-28-13-3-4-14-28/h5,18-22,26H,3-4,6-16H2,1-2H3/q+1/t18-,19+,20+,21+,22-,24+,25+/m1/s1. The predicted molar refractivity (Wildman–Crippen MR) is 117 cm³/mol. The average Bonchev–Trinajstić information content (AvgIpc) is 3.29. The molecule has 0 unspecified atom stereocenters. The van der Waals surface area contributed by atoms with Gasteiger partial charge in [0.25, 0.3) is 0 Å². The van der Waals surface area contributed by atoms with Gasteiger partial charge >= 0.3 is 0 Å². The van der Waals surface area contributed by atoms with Crippen LogP contribution in [0.15, 0.2) is 11.6 Å². The Labute approximate surface area is 174 Å². The highest BCUT2D eigenvalue weighted by Gasteiger charge is 2.60. The van der Waals surface area contributed by atoms with E-state index >= 15 is 0 Å². The van der Waals surface area contributed by atoms with E-state index in [4.69, 9.17) is 0 Å². The molecule has 4 aliphatic carbocycles. The Morgan fingerprint density at radius 3 is 2.68 bits per heavy atom. The van der Waals surface area contributed by atoms with Crippen LogP contribution in [0.4, 0.5) is 0 Å². The summed E-state index contributed by atoms with van der Waals surface area (Å²) in [5.74, 6) is 6.82. The minimum atomic E-state index is -0.116. The first-order valence-corrected chi connectivity index (χ1v) is 13.7. The van der Waals surface area contributed by atoms with E-state index in [9.17, 15) is 9.90 Å². The third-order valence-corrected chi connectivity index (χ3v) is 12.4. The molecule has 4 fully saturated rings. The fourth-order valence-corrected chi connectivity index (χ4v) is 10.7. The monoisotopic (exact) mass is 403 g/mol. The van der Waals surface area contributed by atoms with Crippen LogP contribution in [0.25, 0.3) is 0 Å². The van der Waals surface area contributed by atoms with Crippen LogP contribution >= 0.6 is 0 Å². The van der Waals surface area contributed by atoms with Gasteiger partial charge in [-0.1, -0.05) is 25.5 Å². The molecule has 3 heteroatoms. The third-order valence-electron chi connectivity index (χ3n) is 9.93. The summed E-state index contributed by atoms with van der Waals surface area (Å²) < 4.78 is 0. The second-order valence-corrected chi connectivity index (χ2v) is 13.5. The first-order chi connectivity index (χ1) is 13.4. The van der Waals surface area contributed by atoms with Crippen molar-refractivity contribution < 1.29 is 9.90 Å². The lowest BCUT2D eigenvalue weighted by Crippen LogP contribution is -2.51. The predicted octanol–water partition coefficient (Wildman–Crippen LogP) is 4.91. The smallest absolute Gasteiger partial charge is 0.185 e. The van der Waals surface area contributed by atoms with Crippen molar-refractivity contribution in [2.45, 2.75) is 84.2 Å². The number of hydrogen-bond acceptors (Lipinski definition) is 2. The highest BCUT2D eigenvalue weighted by atomic mass is 32.2. The molecule has 1 saturated heterocycles. The first kappa shape index (κ1) is 19.7. The van der Waals surface area contributed by atoms with Gasteiger partial charge in [0, 0.05) is 5.92 Å². The summed E-state index contributed by atoms with van der Waals surface area (Å²) >= 11 is 0. The van der Waals surface area contributed by atoms with Crippen molar-refractivity contribution in [3.63, 3.8) is 0 Å². The zero-order valence-corrected chi connectivity index (χ0v) is 18.7. The van der Waals surface area contributed by atoms with Crippen molar-refractivity contribution >= 4 is 16.7 Å². The summed E-state index contributed by atoms with van der Waals surface area (Å²) in [7, 11) is 0.410. The van der Waals surface area contributed by atoms with Gasteiger partial charge in [0.2, 0.25) is 0 Å². The van der Waals surface area contributed by atoms with Gasteiger partial charge in [0.15, 0.2) is 11.5 Å². The zero-order valence-electron chi connectivity index (χ0n) is 17.9. The van der Waals surface area contributed by atoms with Crippen LogP contribution in [-0.2, 0) is 15.7 Å². The SMILES string of the molecule is C[C@]12CC[C@H]3[C@@H](CC=C4C[C@H](O)CC[C@@]43C)[C@@H]1CC[C@@H]2C(=O)C[S+]1CCCC1. The van der Waals surface area contributed by atoms with Crippen molar-refractivity contribution in [3.05, 3.63) is 11.6 Å². The minimum absolute atomic E-state index is 0.116. The second kappa shape index (κ2) is 7.15. The summed E-state index contributed by atoms with van der Waals surface area (Å²) in [5, 5.41) is 10.2. The molecule has 7 atom stereocenters. The molecule has 5 aliphatic rings. The number of hydrogen-bond donors (Lipinski definition) is 1. The lowest BCUT2D eigenvalue weighted by atomic mass is 9.47. The highest BCUT2D eigenvalue weighted by molar-refractivity contribution is 7.97. The minimum Gasteiger partial charge on any atom is -0.393 e. The molecule has 0 radical (unpaired) electrons. The van der Waals surface area contributed by atoms with Gasteiger partial charge in [-0.05, 0) is 104 Å². The number of aliphatic hydroxyl groups is 1. The van der Waals surface area contributed by atoms with E-state index in [2.05, 4.69) is 19.9 Å². The normalized spacial score (nSPS) is 48.5. The van der Waals surface area contributed by atoms with Crippen molar-refractivity contribution in [2.24, 2.45) is 34.5 Å². The molecule has 2 nitrogen and oxygen atoms in total. The number of aliphatic hydroxyl groups excluding tert-OH is 1. The van der Waals surface area contributed by atoms with Crippen LogP contribution in [0.1, 0.15) is 78.1 Å². The van der Waals surface area contributed by atoms with E-state index in [1.165, 1.54) is 50.0 Å². The number of Topliss-reactive ketones (excluding diaryl/α,β-unsaturated/α-hetero) is 1. The Hall–Kier alpha value is -0.280. The first-order valence-electron chi connectivity index (χ1n) is 12.0. The molecule has 0 aromatic heterocycles. The lowest BCUT2D eigenvalue weighted by Gasteiger charge is -2.57. The Balaban J connectivity index is 1.36. The topological polar surface area (TPSA) is 37.3 Å². The Morgan fingerprint density at radius 2 is 1.89 bits per heavy atom. The van der Waals surface area contributed by atoms with Crippen molar-refractivity contribution in [1.29, 1.82) is 0 Å².